The zero-order chi connectivity index (χ0) is 9.84. The number of likely N-dealkylation sites (tertiary alicyclic amines) is 1. The summed E-state index contributed by atoms with van der Waals surface area (Å²) in [5.74, 6) is -0.130. The van der Waals surface area contributed by atoms with E-state index in [9.17, 15) is 9.59 Å². The first-order valence-corrected chi connectivity index (χ1v) is 4.70. The summed E-state index contributed by atoms with van der Waals surface area (Å²) in [6, 6.07) is -0.213. The van der Waals surface area contributed by atoms with Crippen molar-refractivity contribution in [2.24, 2.45) is 5.73 Å². The number of Topliss-reactive ketones (excluding diaryl/α,β-unsaturated/α-hetero) is 1. The fourth-order valence-electron chi connectivity index (χ4n) is 1.68. The molecule has 0 aromatic carbocycles. The average molecular weight is 184 g/mol. The van der Waals surface area contributed by atoms with E-state index in [0.29, 0.717) is 13.0 Å². The summed E-state index contributed by atoms with van der Waals surface area (Å²) >= 11 is 0. The normalized spacial score (nSPS) is 23.3. The van der Waals surface area contributed by atoms with Gasteiger partial charge in [0.05, 0.1) is 12.6 Å². The quantitative estimate of drug-likeness (QED) is 0.664. The Morgan fingerprint density at radius 1 is 1.54 bits per heavy atom. The molecule has 0 aromatic heterocycles. The van der Waals surface area contributed by atoms with E-state index in [2.05, 4.69) is 0 Å². The molecule has 1 saturated heterocycles. The fraction of sp³-hybridized carbons (Fsp3) is 0.778. The first kappa shape index (κ1) is 10.2. The number of ketones is 1. The predicted molar refractivity (Wildman–Crippen MR) is 49.1 cm³/mol. The first-order valence-electron chi connectivity index (χ1n) is 4.70. The fourth-order valence-corrected chi connectivity index (χ4v) is 1.68. The maximum Gasteiger partial charge on any atom is 0.234 e. The van der Waals surface area contributed by atoms with Crippen LogP contribution >= 0.6 is 0 Å². The molecule has 1 atom stereocenters. The molecule has 0 saturated carbocycles. The summed E-state index contributed by atoms with van der Waals surface area (Å²) in [6.07, 6.45) is 2.29. The highest BCUT2D eigenvalue weighted by Crippen LogP contribution is 2.16. The lowest BCUT2D eigenvalue weighted by molar-refractivity contribution is -0.124. The lowest BCUT2D eigenvalue weighted by atomic mass is 10.2. The van der Waals surface area contributed by atoms with Gasteiger partial charge in [-0.15, -0.1) is 0 Å². The molecule has 1 aliphatic rings. The largest absolute Gasteiger partial charge is 0.368 e. The Labute approximate surface area is 78.1 Å². The van der Waals surface area contributed by atoms with E-state index in [-0.39, 0.29) is 17.7 Å². The molecule has 13 heavy (non-hydrogen) atoms. The molecule has 74 valence electrons. The van der Waals surface area contributed by atoms with E-state index < -0.39 is 0 Å². The van der Waals surface area contributed by atoms with Gasteiger partial charge in [-0.2, -0.15) is 0 Å². The van der Waals surface area contributed by atoms with Crippen molar-refractivity contribution in [3.05, 3.63) is 0 Å². The summed E-state index contributed by atoms with van der Waals surface area (Å²) in [5.41, 5.74) is 5.21. The Kier molecular flexibility index (Phi) is 3.42. The van der Waals surface area contributed by atoms with Crippen LogP contribution in [-0.2, 0) is 9.59 Å². The minimum absolute atomic E-state index is 0.174. The van der Waals surface area contributed by atoms with Crippen LogP contribution in [0, 0.1) is 0 Å². The monoisotopic (exact) mass is 184 g/mol. The number of nitrogens with zero attached hydrogens (tertiary/aromatic N) is 1. The van der Waals surface area contributed by atoms with Crippen LogP contribution in [0.15, 0.2) is 0 Å². The first-order chi connectivity index (χ1) is 6.15. The lowest BCUT2D eigenvalue weighted by Crippen LogP contribution is -2.42. The maximum atomic E-state index is 11.1. The van der Waals surface area contributed by atoms with Crippen LogP contribution in [0.5, 0.6) is 0 Å². The molecule has 0 aromatic rings. The van der Waals surface area contributed by atoms with Gasteiger partial charge in [0.1, 0.15) is 5.78 Å². The van der Waals surface area contributed by atoms with Crippen LogP contribution in [0.3, 0.4) is 0 Å². The second-order valence-electron chi connectivity index (χ2n) is 3.42. The van der Waals surface area contributed by atoms with Crippen molar-refractivity contribution < 1.29 is 9.59 Å². The molecule has 4 nitrogen and oxygen atoms in total. The molecule has 1 unspecified atom stereocenters. The second kappa shape index (κ2) is 4.37. The van der Waals surface area contributed by atoms with Crippen LogP contribution < -0.4 is 5.73 Å². The van der Waals surface area contributed by atoms with Gasteiger partial charge in [0, 0.05) is 6.42 Å². The molecule has 0 spiro atoms. The number of carbonyl (C=O) groups is 2. The summed E-state index contributed by atoms with van der Waals surface area (Å²) < 4.78 is 0. The Morgan fingerprint density at radius 2 is 2.23 bits per heavy atom. The van der Waals surface area contributed by atoms with Gasteiger partial charge in [0.25, 0.3) is 0 Å². The van der Waals surface area contributed by atoms with Crippen LogP contribution in [0.25, 0.3) is 0 Å². The smallest absolute Gasteiger partial charge is 0.234 e. The molecular formula is C9H16N2O2. The molecule has 1 rings (SSSR count). The third-order valence-electron chi connectivity index (χ3n) is 2.47. The molecule has 1 amide bonds. The number of nitrogens with two attached hydrogens (primary N) is 1. The van der Waals surface area contributed by atoms with Gasteiger partial charge >= 0.3 is 0 Å². The van der Waals surface area contributed by atoms with E-state index in [0.717, 1.165) is 19.4 Å². The van der Waals surface area contributed by atoms with Gasteiger partial charge in [0.15, 0.2) is 0 Å². The Morgan fingerprint density at radius 3 is 2.77 bits per heavy atom. The minimum Gasteiger partial charge on any atom is -0.368 e. The zero-order valence-corrected chi connectivity index (χ0v) is 7.95. The Hall–Kier alpha value is -0.900. The molecule has 0 aliphatic carbocycles. The van der Waals surface area contributed by atoms with Crippen molar-refractivity contribution in [3.63, 3.8) is 0 Å². The summed E-state index contributed by atoms with van der Waals surface area (Å²) in [6.45, 7) is 3.03. The highest BCUT2D eigenvalue weighted by Gasteiger charge is 2.29. The lowest BCUT2D eigenvalue weighted by Gasteiger charge is -2.20. The molecule has 0 radical (unpaired) electrons. The van der Waals surface area contributed by atoms with Crippen LogP contribution in [0.4, 0.5) is 0 Å². The van der Waals surface area contributed by atoms with Gasteiger partial charge < -0.3 is 5.73 Å². The van der Waals surface area contributed by atoms with Crippen molar-refractivity contribution in [1.29, 1.82) is 0 Å². The second-order valence-corrected chi connectivity index (χ2v) is 3.42. The van der Waals surface area contributed by atoms with Crippen LogP contribution in [0.1, 0.15) is 26.2 Å². The van der Waals surface area contributed by atoms with E-state index in [1.165, 1.54) is 0 Å². The summed E-state index contributed by atoms with van der Waals surface area (Å²) in [5, 5.41) is 0. The SMILES string of the molecule is CCC(=O)CN1CCCC1C(N)=O. The predicted octanol–water partition coefficient (Wildman–Crippen LogP) is -0.0848. The number of hydrogen-bond donors (Lipinski definition) is 1. The van der Waals surface area contributed by atoms with Gasteiger partial charge in [-0.25, -0.2) is 0 Å². The Bertz CT molecular complexity index is 216. The number of rotatable bonds is 4. The Balaban J connectivity index is 2.48. The van der Waals surface area contributed by atoms with Crippen molar-refractivity contribution in [2.75, 3.05) is 13.1 Å². The third-order valence-corrected chi connectivity index (χ3v) is 2.47. The third kappa shape index (κ3) is 2.52. The van der Waals surface area contributed by atoms with Crippen molar-refractivity contribution >= 4 is 11.7 Å². The topological polar surface area (TPSA) is 63.4 Å². The highest BCUT2D eigenvalue weighted by atomic mass is 16.1. The van der Waals surface area contributed by atoms with E-state index in [1.54, 1.807) is 0 Å². The van der Waals surface area contributed by atoms with Gasteiger partial charge in [-0.05, 0) is 19.4 Å². The average Bonchev–Trinajstić information content (AvgIpc) is 2.52. The molecule has 4 heteroatoms. The maximum absolute atomic E-state index is 11.1. The van der Waals surface area contributed by atoms with E-state index in [4.69, 9.17) is 5.73 Å². The standard InChI is InChI=1S/C9H16N2O2/c1-2-7(12)6-11-5-3-4-8(11)9(10)13/h8H,2-6H2,1H3,(H2,10,13). The van der Waals surface area contributed by atoms with Crippen molar-refractivity contribution in [3.8, 4) is 0 Å². The van der Waals surface area contributed by atoms with Gasteiger partial charge in [0.2, 0.25) is 5.91 Å². The number of carbonyl (C=O) groups excluding carboxylic acids is 2. The summed E-state index contributed by atoms with van der Waals surface area (Å²) in [7, 11) is 0. The van der Waals surface area contributed by atoms with Gasteiger partial charge in [-0.3, -0.25) is 14.5 Å². The number of hydrogen-bond acceptors (Lipinski definition) is 3. The molecule has 1 fully saturated rings. The minimum atomic E-state index is -0.304. The molecule has 2 N–H and O–H groups in total. The summed E-state index contributed by atoms with van der Waals surface area (Å²) in [4.78, 5) is 24.0. The van der Waals surface area contributed by atoms with E-state index in [1.807, 2.05) is 11.8 Å². The molecule has 1 aliphatic heterocycles. The van der Waals surface area contributed by atoms with E-state index >= 15 is 0 Å². The highest BCUT2D eigenvalue weighted by molar-refractivity contribution is 5.83. The number of primary amides is 1. The van der Waals surface area contributed by atoms with Gasteiger partial charge in [-0.1, -0.05) is 6.92 Å². The zero-order valence-electron chi connectivity index (χ0n) is 7.95. The number of amides is 1. The molecular weight excluding hydrogens is 168 g/mol. The van der Waals surface area contributed by atoms with Crippen molar-refractivity contribution in [2.45, 2.75) is 32.2 Å². The molecule has 1 heterocycles. The van der Waals surface area contributed by atoms with Crippen LogP contribution in [-0.4, -0.2) is 35.7 Å². The van der Waals surface area contributed by atoms with Crippen molar-refractivity contribution in [1.82, 2.24) is 4.90 Å². The molecule has 0 bridgehead atoms. The van der Waals surface area contributed by atoms with Crippen LogP contribution in [0.2, 0.25) is 0 Å².